The van der Waals surface area contributed by atoms with E-state index in [-0.39, 0.29) is 23.4 Å². The highest BCUT2D eigenvalue weighted by Gasteiger charge is 2.25. The van der Waals surface area contributed by atoms with Crippen molar-refractivity contribution in [3.8, 4) is 12.3 Å². The Bertz CT molecular complexity index is 1100. The lowest BCUT2D eigenvalue weighted by molar-refractivity contribution is 0.0752. The Morgan fingerprint density at radius 2 is 1.73 bits per heavy atom. The summed E-state index contributed by atoms with van der Waals surface area (Å²) in [5, 5.41) is 0. The van der Waals surface area contributed by atoms with Gasteiger partial charge in [-0.15, -0.1) is 6.42 Å². The third kappa shape index (κ3) is 4.74. The van der Waals surface area contributed by atoms with Crippen molar-refractivity contribution >= 4 is 15.9 Å². The fourth-order valence-electron chi connectivity index (χ4n) is 3.08. The van der Waals surface area contributed by atoms with Crippen molar-refractivity contribution in [2.45, 2.75) is 10.9 Å². The maximum Gasteiger partial charge on any atom is 0.254 e. The first-order chi connectivity index (χ1) is 14.4. The number of nitrogens with zero attached hydrogens (tertiary/aromatic N) is 2. The molecule has 1 amide bonds. The standard InChI is InChI=1S/C23H21N3O3S/c1-3-16-25-30(28,29)20-14-12-19(13-15-20)23(27)26(2)22(18-9-5-4-6-10-18)21-11-7-8-17-24-21/h1,4-15,17,22,25H,16H2,2H3/t22-/m1/s1. The van der Waals surface area contributed by atoms with Gasteiger partial charge < -0.3 is 4.90 Å². The highest BCUT2D eigenvalue weighted by Crippen LogP contribution is 2.27. The van der Waals surface area contributed by atoms with E-state index in [1.807, 2.05) is 48.5 Å². The number of amides is 1. The predicted molar refractivity (Wildman–Crippen MR) is 115 cm³/mol. The largest absolute Gasteiger partial charge is 0.329 e. The first-order valence-corrected chi connectivity index (χ1v) is 10.7. The highest BCUT2D eigenvalue weighted by molar-refractivity contribution is 7.89. The van der Waals surface area contributed by atoms with Crippen LogP contribution in [0.15, 0.2) is 83.9 Å². The Hall–Kier alpha value is -3.47. The number of hydrogen-bond donors (Lipinski definition) is 1. The van der Waals surface area contributed by atoms with Crippen LogP contribution in [0.4, 0.5) is 0 Å². The second-order valence-electron chi connectivity index (χ2n) is 6.54. The molecular formula is C23H21N3O3S. The van der Waals surface area contributed by atoms with Crippen molar-refractivity contribution in [2.24, 2.45) is 0 Å². The summed E-state index contributed by atoms with van der Waals surface area (Å²) in [6, 6.07) is 20.5. The summed E-state index contributed by atoms with van der Waals surface area (Å²) in [6.07, 6.45) is 6.79. The lowest BCUT2D eigenvalue weighted by atomic mass is 10.0. The van der Waals surface area contributed by atoms with Crippen molar-refractivity contribution in [3.05, 3.63) is 95.8 Å². The molecule has 3 aromatic rings. The zero-order chi connectivity index (χ0) is 21.6. The van der Waals surface area contributed by atoms with Gasteiger partial charge in [0.15, 0.2) is 0 Å². The number of carbonyl (C=O) groups excluding carboxylic acids is 1. The van der Waals surface area contributed by atoms with E-state index in [0.29, 0.717) is 5.56 Å². The third-order valence-electron chi connectivity index (χ3n) is 4.57. The Morgan fingerprint density at radius 1 is 1.07 bits per heavy atom. The number of benzene rings is 2. The van der Waals surface area contributed by atoms with E-state index in [2.05, 4.69) is 15.6 Å². The average molecular weight is 420 g/mol. The molecule has 1 heterocycles. The molecule has 0 fully saturated rings. The molecule has 30 heavy (non-hydrogen) atoms. The molecule has 7 heteroatoms. The maximum absolute atomic E-state index is 13.2. The van der Waals surface area contributed by atoms with Crippen LogP contribution >= 0.6 is 0 Å². The highest BCUT2D eigenvalue weighted by atomic mass is 32.2. The van der Waals surface area contributed by atoms with Crippen molar-refractivity contribution < 1.29 is 13.2 Å². The second kappa shape index (κ2) is 9.35. The molecule has 0 radical (unpaired) electrons. The van der Waals surface area contributed by atoms with Crippen LogP contribution < -0.4 is 4.72 Å². The van der Waals surface area contributed by atoms with Crippen LogP contribution in [0.3, 0.4) is 0 Å². The van der Waals surface area contributed by atoms with Crippen LogP contribution in [0, 0.1) is 12.3 Å². The summed E-state index contributed by atoms with van der Waals surface area (Å²) in [7, 11) is -2.01. The molecule has 0 aliphatic rings. The van der Waals surface area contributed by atoms with E-state index >= 15 is 0 Å². The summed E-state index contributed by atoms with van der Waals surface area (Å²) in [4.78, 5) is 19.2. The number of pyridine rings is 1. The third-order valence-corrected chi connectivity index (χ3v) is 5.98. The van der Waals surface area contributed by atoms with Gasteiger partial charge in [0, 0.05) is 18.8 Å². The molecule has 0 saturated heterocycles. The van der Waals surface area contributed by atoms with Crippen LogP contribution in [-0.4, -0.2) is 37.8 Å². The van der Waals surface area contributed by atoms with Gasteiger partial charge in [-0.25, -0.2) is 8.42 Å². The summed E-state index contributed by atoms with van der Waals surface area (Å²) in [5.74, 6) is 1.97. The van der Waals surface area contributed by atoms with Gasteiger partial charge in [-0.2, -0.15) is 4.72 Å². The topological polar surface area (TPSA) is 79.4 Å². The van der Waals surface area contributed by atoms with Gasteiger partial charge in [0.1, 0.15) is 0 Å². The summed E-state index contributed by atoms with van der Waals surface area (Å²) in [5.41, 5.74) is 2.02. The average Bonchev–Trinajstić information content (AvgIpc) is 2.79. The van der Waals surface area contributed by atoms with E-state index in [1.54, 1.807) is 18.1 Å². The van der Waals surface area contributed by atoms with Gasteiger partial charge in [-0.1, -0.05) is 42.3 Å². The molecule has 1 atom stereocenters. The SMILES string of the molecule is C#CCNS(=O)(=O)c1ccc(C(=O)N(C)[C@H](c2ccccc2)c2ccccn2)cc1. The maximum atomic E-state index is 13.2. The van der Waals surface area contributed by atoms with E-state index < -0.39 is 10.0 Å². The van der Waals surface area contributed by atoms with Gasteiger partial charge in [0.25, 0.3) is 5.91 Å². The number of rotatable bonds is 7. The minimum absolute atomic E-state index is 0.0429. The number of sulfonamides is 1. The molecular weight excluding hydrogens is 398 g/mol. The van der Waals surface area contributed by atoms with Crippen molar-refractivity contribution in [3.63, 3.8) is 0 Å². The van der Waals surface area contributed by atoms with Crippen LogP contribution in [0.2, 0.25) is 0 Å². The zero-order valence-electron chi connectivity index (χ0n) is 16.4. The van der Waals surface area contributed by atoms with Gasteiger partial charge in [-0.3, -0.25) is 9.78 Å². The molecule has 0 aliphatic heterocycles. The second-order valence-corrected chi connectivity index (χ2v) is 8.30. The van der Waals surface area contributed by atoms with Gasteiger partial charge >= 0.3 is 0 Å². The monoisotopic (exact) mass is 419 g/mol. The predicted octanol–water partition coefficient (Wildman–Crippen LogP) is 2.85. The number of hydrogen-bond acceptors (Lipinski definition) is 4. The summed E-state index contributed by atoms with van der Waals surface area (Å²) in [6.45, 7) is -0.103. The van der Waals surface area contributed by atoms with Crippen molar-refractivity contribution in [1.29, 1.82) is 0 Å². The molecule has 0 bridgehead atoms. The van der Waals surface area contributed by atoms with Gasteiger partial charge in [-0.05, 0) is 42.0 Å². The smallest absolute Gasteiger partial charge is 0.254 e. The first-order valence-electron chi connectivity index (χ1n) is 9.20. The van der Waals surface area contributed by atoms with Crippen molar-refractivity contribution in [2.75, 3.05) is 13.6 Å². The molecule has 0 spiro atoms. The first kappa shape index (κ1) is 21.2. The molecule has 1 aromatic heterocycles. The van der Waals surface area contributed by atoms with E-state index in [9.17, 15) is 13.2 Å². The summed E-state index contributed by atoms with van der Waals surface area (Å²) < 4.78 is 26.6. The minimum Gasteiger partial charge on any atom is -0.329 e. The number of terminal acetylenes is 1. The van der Waals surface area contributed by atoms with Crippen molar-refractivity contribution in [1.82, 2.24) is 14.6 Å². The Balaban J connectivity index is 1.90. The molecule has 152 valence electrons. The molecule has 6 nitrogen and oxygen atoms in total. The Kier molecular flexibility index (Phi) is 6.62. The number of carbonyl (C=O) groups is 1. The lowest BCUT2D eigenvalue weighted by Crippen LogP contribution is -2.32. The van der Waals surface area contributed by atoms with Crippen LogP contribution in [-0.2, 0) is 10.0 Å². The van der Waals surface area contributed by atoms with Gasteiger partial charge in [0.05, 0.1) is 23.2 Å². The molecule has 3 rings (SSSR count). The normalized spacial score (nSPS) is 12.0. The van der Waals surface area contributed by atoms with E-state index in [0.717, 1.165) is 11.3 Å². The Morgan fingerprint density at radius 3 is 2.33 bits per heavy atom. The molecule has 0 unspecified atom stereocenters. The molecule has 0 saturated carbocycles. The van der Waals surface area contributed by atoms with Gasteiger partial charge in [0.2, 0.25) is 10.0 Å². The van der Waals surface area contributed by atoms with Crippen LogP contribution in [0.5, 0.6) is 0 Å². The Labute approximate surface area is 176 Å². The summed E-state index contributed by atoms with van der Waals surface area (Å²) >= 11 is 0. The van der Waals surface area contributed by atoms with E-state index in [4.69, 9.17) is 6.42 Å². The number of aromatic nitrogens is 1. The quantitative estimate of drug-likeness (QED) is 0.598. The minimum atomic E-state index is -3.71. The molecule has 2 aromatic carbocycles. The fraction of sp³-hybridized carbons (Fsp3) is 0.130. The van der Waals surface area contributed by atoms with Crippen LogP contribution in [0.25, 0.3) is 0 Å². The van der Waals surface area contributed by atoms with E-state index in [1.165, 1.54) is 24.3 Å². The number of nitrogens with one attached hydrogen (secondary N) is 1. The fourth-order valence-corrected chi connectivity index (χ4v) is 4.02. The molecule has 0 aliphatic carbocycles. The zero-order valence-corrected chi connectivity index (χ0v) is 17.2. The van der Waals surface area contributed by atoms with Crippen LogP contribution in [0.1, 0.15) is 27.7 Å². The molecule has 1 N–H and O–H groups in total. The lowest BCUT2D eigenvalue weighted by Gasteiger charge is -2.28.